The van der Waals surface area contributed by atoms with Crippen molar-refractivity contribution in [3.8, 4) is 0 Å². The summed E-state index contributed by atoms with van der Waals surface area (Å²) in [7, 11) is 1.46. The van der Waals surface area contributed by atoms with Crippen molar-refractivity contribution in [1.29, 1.82) is 0 Å². The van der Waals surface area contributed by atoms with Gasteiger partial charge in [-0.2, -0.15) is 0 Å². The topological polar surface area (TPSA) is 95.7 Å². The van der Waals surface area contributed by atoms with Crippen LogP contribution in [0.3, 0.4) is 0 Å². The molecule has 7 nitrogen and oxygen atoms in total. The van der Waals surface area contributed by atoms with Crippen molar-refractivity contribution in [1.82, 2.24) is 4.90 Å². The minimum absolute atomic E-state index is 0.0127. The van der Waals surface area contributed by atoms with Crippen molar-refractivity contribution in [3.63, 3.8) is 0 Å². The average molecular weight is 283 g/mol. The Hall–Kier alpha value is -2.22. The van der Waals surface area contributed by atoms with Crippen molar-refractivity contribution in [3.05, 3.63) is 33.6 Å². The van der Waals surface area contributed by atoms with Gasteiger partial charge in [-0.1, -0.05) is 0 Å². The molecule has 1 aliphatic heterocycles. The van der Waals surface area contributed by atoms with E-state index in [1.807, 2.05) is 0 Å². The van der Waals surface area contributed by atoms with E-state index in [0.717, 1.165) is 12.1 Å². The lowest BCUT2D eigenvalue weighted by molar-refractivity contribution is -0.385. The summed E-state index contributed by atoms with van der Waals surface area (Å²) >= 11 is 0. The molecule has 1 heterocycles. The molecule has 20 heavy (non-hydrogen) atoms. The molecule has 0 aliphatic carbocycles. The number of anilines is 1. The molecule has 0 aromatic heterocycles. The van der Waals surface area contributed by atoms with Crippen LogP contribution < -0.4 is 5.32 Å². The number of carbonyl (C=O) groups is 1. The van der Waals surface area contributed by atoms with Gasteiger partial charge in [0.2, 0.25) is 0 Å². The molecule has 1 fully saturated rings. The highest BCUT2D eigenvalue weighted by molar-refractivity contribution is 5.99. The van der Waals surface area contributed by atoms with Crippen LogP contribution in [0.4, 0.5) is 15.8 Å². The van der Waals surface area contributed by atoms with Crippen molar-refractivity contribution < 1.29 is 19.2 Å². The van der Waals surface area contributed by atoms with Gasteiger partial charge in [0.1, 0.15) is 5.56 Å². The molecule has 1 saturated heterocycles. The van der Waals surface area contributed by atoms with Crippen molar-refractivity contribution >= 4 is 17.3 Å². The summed E-state index contributed by atoms with van der Waals surface area (Å²) < 4.78 is 13.6. The number of benzene rings is 1. The van der Waals surface area contributed by atoms with Gasteiger partial charge in [0.15, 0.2) is 5.82 Å². The normalized spacial score (nSPS) is 18.1. The maximum absolute atomic E-state index is 13.6. The monoisotopic (exact) mass is 283 g/mol. The van der Waals surface area contributed by atoms with Crippen LogP contribution in [0.2, 0.25) is 0 Å². The SMILES string of the molecule is CNc1cc(C(=O)N2CCC(O)C2)c([N+](=O)[O-])cc1F. The maximum Gasteiger partial charge on any atom is 0.285 e. The number of nitro benzene ring substituents is 1. The lowest BCUT2D eigenvalue weighted by Gasteiger charge is -2.16. The smallest absolute Gasteiger partial charge is 0.285 e. The lowest BCUT2D eigenvalue weighted by Crippen LogP contribution is -2.30. The van der Waals surface area contributed by atoms with Gasteiger partial charge < -0.3 is 15.3 Å². The van der Waals surface area contributed by atoms with Crippen molar-refractivity contribution in [2.75, 3.05) is 25.5 Å². The fraction of sp³-hybridized carbons (Fsp3) is 0.417. The molecule has 1 atom stereocenters. The van der Waals surface area contributed by atoms with Crippen molar-refractivity contribution in [2.45, 2.75) is 12.5 Å². The standard InChI is InChI=1S/C12H14FN3O4/c1-14-10-4-8(11(16(19)20)5-9(10)13)12(18)15-3-2-7(17)6-15/h4-5,7,14,17H,2-3,6H2,1H3. The molecule has 1 aromatic carbocycles. The number of likely N-dealkylation sites (tertiary alicyclic amines) is 1. The molecule has 1 aromatic rings. The summed E-state index contributed by atoms with van der Waals surface area (Å²) in [5.41, 5.74) is -0.749. The predicted octanol–water partition coefficient (Wildman–Crippen LogP) is 0.982. The second-order valence-electron chi connectivity index (χ2n) is 4.55. The molecule has 2 rings (SSSR count). The van der Waals surface area contributed by atoms with Crippen LogP contribution >= 0.6 is 0 Å². The zero-order valence-electron chi connectivity index (χ0n) is 10.8. The highest BCUT2D eigenvalue weighted by Gasteiger charge is 2.31. The van der Waals surface area contributed by atoms with Gasteiger partial charge in [-0.3, -0.25) is 14.9 Å². The second-order valence-corrected chi connectivity index (χ2v) is 4.55. The van der Waals surface area contributed by atoms with Crippen LogP contribution in [0.1, 0.15) is 16.8 Å². The van der Waals surface area contributed by atoms with E-state index in [1.165, 1.54) is 11.9 Å². The molecule has 1 aliphatic rings. The fourth-order valence-corrected chi connectivity index (χ4v) is 2.17. The van der Waals surface area contributed by atoms with Gasteiger partial charge >= 0.3 is 0 Å². The van der Waals surface area contributed by atoms with Gasteiger partial charge in [0.25, 0.3) is 11.6 Å². The second kappa shape index (κ2) is 5.41. The maximum atomic E-state index is 13.6. The first kappa shape index (κ1) is 14.2. The largest absolute Gasteiger partial charge is 0.391 e. The van der Waals surface area contributed by atoms with E-state index in [9.17, 15) is 24.4 Å². The fourth-order valence-electron chi connectivity index (χ4n) is 2.17. The van der Waals surface area contributed by atoms with Gasteiger partial charge in [-0.25, -0.2) is 4.39 Å². The van der Waals surface area contributed by atoms with E-state index in [2.05, 4.69) is 5.32 Å². The summed E-state index contributed by atoms with van der Waals surface area (Å²) in [5.74, 6) is -1.37. The summed E-state index contributed by atoms with van der Waals surface area (Å²) in [6.07, 6.45) is -0.193. The van der Waals surface area contributed by atoms with E-state index in [0.29, 0.717) is 13.0 Å². The van der Waals surface area contributed by atoms with E-state index in [1.54, 1.807) is 0 Å². The first-order valence-electron chi connectivity index (χ1n) is 6.07. The molecule has 8 heteroatoms. The summed E-state index contributed by atoms with van der Waals surface area (Å²) in [4.78, 5) is 23.7. The number of rotatable bonds is 3. The third-order valence-electron chi connectivity index (χ3n) is 3.23. The van der Waals surface area contributed by atoms with E-state index in [-0.39, 0.29) is 17.8 Å². The Morgan fingerprint density at radius 1 is 1.60 bits per heavy atom. The first-order chi connectivity index (χ1) is 9.43. The van der Waals surface area contributed by atoms with Gasteiger partial charge in [-0.05, 0) is 12.5 Å². The quantitative estimate of drug-likeness (QED) is 0.637. The number of aliphatic hydroxyl groups is 1. The van der Waals surface area contributed by atoms with Crippen LogP contribution in [-0.4, -0.2) is 47.1 Å². The van der Waals surface area contributed by atoms with Crippen LogP contribution in [0.5, 0.6) is 0 Å². The number of β-amino-alcohol motifs (C(OH)–C–C–N with tert-alkyl or cyclic N) is 1. The lowest BCUT2D eigenvalue weighted by atomic mass is 10.1. The average Bonchev–Trinajstić information content (AvgIpc) is 2.84. The van der Waals surface area contributed by atoms with Crippen molar-refractivity contribution in [2.24, 2.45) is 0 Å². The zero-order chi connectivity index (χ0) is 14.9. The Morgan fingerprint density at radius 2 is 2.30 bits per heavy atom. The van der Waals surface area contributed by atoms with Crippen LogP contribution in [0.15, 0.2) is 12.1 Å². The Kier molecular flexibility index (Phi) is 3.84. The number of hydrogen-bond donors (Lipinski definition) is 2. The van der Waals surface area contributed by atoms with Gasteiger partial charge in [0.05, 0.1) is 22.8 Å². The number of nitro groups is 1. The zero-order valence-corrected chi connectivity index (χ0v) is 10.8. The molecule has 1 amide bonds. The van der Waals surface area contributed by atoms with E-state index in [4.69, 9.17) is 0 Å². The predicted molar refractivity (Wildman–Crippen MR) is 69.1 cm³/mol. The Bertz CT molecular complexity index is 564. The van der Waals surface area contributed by atoms with E-state index >= 15 is 0 Å². The third-order valence-corrected chi connectivity index (χ3v) is 3.23. The van der Waals surface area contributed by atoms with Crippen LogP contribution in [0, 0.1) is 15.9 Å². The van der Waals surface area contributed by atoms with Gasteiger partial charge in [0, 0.05) is 20.1 Å². The molecule has 2 N–H and O–H groups in total. The molecule has 0 saturated carbocycles. The minimum atomic E-state index is -0.794. The highest BCUT2D eigenvalue weighted by atomic mass is 19.1. The first-order valence-corrected chi connectivity index (χ1v) is 6.07. The third kappa shape index (κ3) is 2.55. The Labute approximate surface area is 114 Å². The highest BCUT2D eigenvalue weighted by Crippen LogP contribution is 2.28. The van der Waals surface area contributed by atoms with E-state index < -0.39 is 28.4 Å². The molecule has 0 radical (unpaired) electrons. The van der Waals surface area contributed by atoms with Crippen LogP contribution in [-0.2, 0) is 0 Å². The molecule has 1 unspecified atom stereocenters. The Balaban J connectivity index is 2.43. The Morgan fingerprint density at radius 3 is 2.80 bits per heavy atom. The summed E-state index contributed by atoms with van der Waals surface area (Å²) in [6, 6.07) is 1.85. The number of hydrogen-bond acceptors (Lipinski definition) is 5. The summed E-state index contributed by atoms with van der Waals surface area (Å²) in [6.45, 7) is 0.450. The molecule has 0 spiro atoms. The summed E-state index contributed by atoms with van der Waals surface area (Å²) in [5, 5.41) is 22.9. The van der Waals surface area contributed by atoms with Gasteiger partial charge in [-0.15, -0.1) is 0 Å². The molecular formula is C12H14FN3O4. The number of nitrogens with one attached hydrogen (secondary N) is 1. The minimum Gasteiger partial charge on any atom is -0.391 e. The number of halogens is 1. The number of aliphatic hydroxyl groups excluding tert-OH is 1. The van der Waals surface area contributed by atoms with Crippen LogP contribution in [0.25, 0.3) is 0 Å². The number of carbonyl (C=O) groups excluding carboxylic acids is 1. The molecule has 0 bridgehead atoms. The number of nitrogens with zero attached hydrogens (tertiary/aromatic N) is 2. The number of amides is 1. The molecule has 108 valence electrons. The molecular weight excluding hydrogens is 269 g/mol.